The molecule has 4 nitrogen and oxygen atoms in total. The second kappa shape index (κ2) is 5.35. The van der Waals surface area contributed by atoms with Crippen molar-refractivity contribution in [2.45, 2.75) is 6.92 Å². The van der Waals surface area contributed by atoms with E-state index in [1.54, 1.807) is 18.5 Å². The number of rotatable bonds is 2. The van der Waals surface area contributed by atoms with Gasteiger partial charge in [0, 0.05) is 23.5 Å². The van der Waals surface area contributed by atoms with E-state index in [4.69, 9.17) is 11.6 Å². The lowest BCUT2D eigenvalue weighted by Crippen LogP contribution is -1.99. The first kappa shape index (κ1) is 12.7. The van der Waals surface area contributed by atoms with Gasteiger partial charge in [-0.1, -0.05) is 41.9 Å². The van der Waals surface area contributed by atoms with Crippen molar-refractivity contribution < 1.29 is 0 Å². The molecule has 98 valence electrons. The van der Waals surface area contributed by atoms with Crippen LogP contribution in [0.3, 0.4) is 0 Å². The maximum atomic E-state index is 6.21. The van der Waals surface area contributed by atoms with Crippen molar-refractivity contribution in [2.24, 2.45) is 0 Å². The van der Waals surface area contributed by atoms with Gasteiger partial charge in [0.1, 0.15) is 5.15 Å². The van der Waals surface area contributed by atoms with Gasteiger partial charge in [0.05, 0.1) is 5.69 Å². The molecular formula is C15H11ClN4. The molecule has 0 aliphatic carbocycles. The zero-order chi connectivity index (χ0) is 13.9. The molecule has 0 amide bonds. The summed E-state index contributed by atoms with van der Waals surface area (Å²) in [5.74, 6) is 0.895. The van der Waals surface area contributed by atoms with Crippen molar-refractivity contribution in [2.75, 3.05) is 0 Å². The van der Waals surface area contributed by atoms with Gasteiger partial charge in [-0.3, -0.25) is 0 Å². The van der Waals surface area contributed by atoms with Crippen LogP contribution in [-0.4, -0.2) is 19.9 Å². The first-order valence-electron chi connectivity index (χ1n) is 6.12. The van der Waals surface area contributed by atoms with Crippen molar-refractivity contribution in [1.82, 2.24) is 19.9 Å². The summed E-state index contributed by atoms with van der Waals surface area (Å²) in [5, 5.41) is 0.418. The summed E-state index contributed by atoms with van der Waals surface area (Å²) in [7, 11) is 0. The lowest BCUT2D eigenvalue weighted by molar-refractivity contribution is 1.07. The van der Waals surface area contributed by atoms with Gasteiger partial charge in [-0.05, 0) is 13.0 Å². The Balaban J connectivity index is 2.19. The maximum Gasteiger partial charge on any atom is 0.199 e. The number of aromatic nitrogens is 4. The Hall–Kier alpha value is -2.33. The SMILES string of the molecule is Cc1c(Cl)nc(-c2ncccn2)nc1-c1ccccc1. The maximum absolute atomic E-state index is 6.21. The fraction of sp³-hybridized carbons (Fsp3) is 0.0667. The smallest absolute Gasteiger partial charge is 0.199 e. The van der Waals surface area contributed by atoms with Crippen molar-refractivity contribution in [3.05, 3.63) is 59.5 Å². The Morgan fingerprint density at radius 3 is 2.25 bits per heavy atom. The zero-order valence-corrected chi connectivity index (χ0v) is 11.5. The van der Waals surface area contributed by atoms with E-state index < -0.39 is 0 Å². The third-order valence-corrected chi connectivity index (χ3v) is 3.27. The number of hydrogen-bond donors (Lipinski definition) is 0. The monoisotopic (exact) mass is 282 g/mol. The molecule has 2 heterocycles. The molecule has 0 aliphatic heterocycles. The number of benzene rings is 1. The first-order chi connectivity index (χ1) is 9.75. The van der Waals surface area contributed by atoms with Gasteiger partial charge >= 0.3 is 0 Å². The van der Waals surface area contributed by atoms with Gasteiger partial charge in [0.25, 0.3) is 0 Å². The van der Waals surface area contributed by atoms with Crippen LogP contribution in [0.2, 0.25) is 5.15 Å². The summed E-state index contributed by atoms with van der Waals surface area (Å²) in [4.78, 5) is 17.1. The minimum absolute atomic E-state index is 0.418. The van der Waals surface area contributed by atoms with Crippen LogP contribution in [0.1, 0.15) is 5.56 Å². The highest BCUT2D eigenvalue weighted by atomic mass is 35.5. The Kier molecular flexibility index (Phi) is 3.39. The number of nitrogens with zero attached hydrogens (tertiary/aromatic N) is 4. The molecular weight excluding hydrogens is 272 g/mol. The first-order valence-corrected chi connectivity index (χ1v) is 6.50. The van der Waals surface area contributed by atoms with Crippen LogP contribution in [-0.2, 0) is 0 Å². The van der Waals surface area contributed by atoms with Gasteiger partial charge < -0.3 is 0 Å². The van der Waals surface area contributed by atoms with Crippen LogP contribution >= 0.6 is 11.6 Å². The standard InChI is InChI=1S/C15H11ClN4/c1-10-12(11-6-3-2-4-7-11)19-15(20-13(10)16)14-17-8-5-9-18-14/h2-9H,1H3. The van der Waals surface area contributed by atoms with Crippen molar-refractivity contribution in [1.29, 1.82) is 0 Å². The molecule has 0 radical (unpaired) electrons. The van der Waals surface area contributed by atoms with Gasteiger partial charge in [0.15, 0.2) is 11.6 Å². The molecule has 20 heavy (non-hydrogen) atoms. The predicted octanol–water partition coefficient (Wildman–Crippen LogP) is 3.56. The molecule has 0 N–H and O–H groups in total. The van der Waals surface area contributed by atoms with E-state index in [9.17, 15) is 0 Å². The van der Waals surface area contributed by atoms with E-state index >= 15 is 0 Å². The Bertz CT molecular complexity index is 730. The van der Waals surface area contributed by atoms with Gasteiger partial charge in [-0.15, -0.1) is 0 Å². The van der Waals surface area contributed by atoms with Crippen molar-refractivity contribution >= 4 is 11.6 Å². The summed E-state index contributed by atoms with van der Waals surface area (Å²) in [5.41, 5.74) is 2.64. The minimum atomic E-state index is 0.418. The third-order valence-electron chi connectivity index (χ3n) is 2.90. The number of hydrogen-bond acceptors (Lipinski definition) is 4. The molecule has 0 unspecified atom stereocenters. The van der Waals surface area contributed by atoms with Crippen LogP contribution in [0.15, 0.2) is 48.8 Å². The van der Waals surface area contributed by atoms with Crippen LogP contribution in [0.4, 0.5) is 0 Å². The largest absolute Gasteiger partial charge is 0.234 e. The molecule has 2 aromatic heterocycles. The summed E-state index contributed by atoms with van der Waals surface area (Å²) in [6.07, 6.45) is 3.31. The third kappa shape index (κ3) is 2.38. The second-order valence-electron chi connectivity index (χ2n) is 4.25. The lowest BCUT2D eigenvalue weighted by atomic mass is 10.1. The van der Waals surface area contributed by atoms with Crippen molar-refractivity contribution in [3.63, 3.8) is 0 Å². The van der Waals surface area contributed by atoms with E-state index in [0.29, 0.717) is 16.8 Å². The van der Waals surface area contributed by atoms with Crippen molar-refractivity contribution in [3.8, 4) is 22.9 Å². The van der Waals surface area contributed by atoms with E-state index in [1.807, 2.05) is 37.3 Å². The van der Waals surface area contributed by atoms with Crippen LogP contribution in [0, 0.1) is 6.92 Å². The molecule has 5 heteroatoms. The average molecular weight is 283 g/mol. The average Bonchev–Trinajstić information content (AvgIpc) is 2.51. The highest BCUT2D eigenvalue weighted by molar-refractivity contribution is 6.30. The van der Waals surface area contributed by atoms with Crippen LogP contribution in [0.5, 0.6) is 0 Å². The van der Waals surface area contributed by atoms with Gasteiger partial charge in [-0.2, -0.15) is 0 Å². The molecule has 0 saturated heterocycles. The summed E-state index contributed by atoms with van der Waals surface area (Å²) in [6, 6.07) is 11.6. The highest BCUT2D eigenvalue weighted by Gasteiger charge is 2.13. The molecule has 1 aromatic carbocycles. The van der Waals surface area contributed by atoms with E-state index in [1.165, 1.54) is 0 Å². The highest BCUT2D eigenvalue weighted by Crippen LogP contribution is 2.27. The molecule has 0 saturated carbocycles. The van der Waals surface area contributed by atoms with Crippen LogP contribution in [0.25, 0.3) is 22.9 Å². The van der Waals surface area contributed by atoms with Gasteiger partial charge in [0.2, 0.25) is 0 Å². The topological polar surface area (TPSA) is 51.6 Å². The normalized spacial score (nSPS) is 10.5. The van der Waals surface area contributed by atoms with Gasteiger partial charge in [-0.25, -0.2) is 19.9 Å². The number of halogens is 1. The molecule has 0 fully saturated rings. The second-order valence-corrected chi connectivity index (χ2v) is 4.61. The molecule has 0 aliphatic rings. The Morgan fingerprint density at radius 1 is 0.850 bits per heavy atom. The van der Waals surface area contributed by atoms with E-state index in [2.05, 4.69) is 19.9 Å². The minimum Gasteiger partial charge on any atom is -0.234 e. The Labute approximate surface area is 121 Å². The molecule has 0 atom stereocenters. The van der Waals surface area contributed by atoms with E-state index in [0.717, 1.165) is 16.8 Å². The summed E-state index contributed by atoms with van der Waals surface area (Å²) in [6.45, 7) is 1.90. The molecule has 0 bridgehead atoms. The van der Waals surface area contributed by atoms with E-state index in [-0.39, 0.29) is 0 Å². The zero-order valence-electron chi connectivity index (χ0n) is 10.8. The summed E-state index contributed by atoms with van der Waals surface area (Å²) >= 11 is 6.21. The summed E-state index contributed by atoms with van der Waals surface area (Å²) < 4.78 is 0. The fourth-order valence-corrected chi connectivity index (χ4v) is 2.05. The lowest BCUT2D eigenvalue weighted by Gasteiger charge is -2.08. The predicted molar refractivity (Wildman–Crippen MR) is 78.2 cm³/mol. The quantitative estimate of drug-likeness (QED) is 0.674. The fourth-order valence-electron chi connectivity index (χ4n) is 1.88. The molecule has 3 rings (SSSR count). The molecule has 0 spiro atoms. The Morgan fingerprint density at radius 2 is 1.55 bits per heavy atom. The van der Waals surface area contributed by atoms with Crippen LogP contribution < -0.4 is 0 Å². The molecule has 3 aromatic rings.